The molecule has 0 saturated heterocycles. The van der Waals surface area contributed by atoms with Crippen molar-refractivity contribution in [3.8, 4) is 0 Å². The van der Waals surface area contributed by atoms with E-state index in [4.69, 9.17) is 28.8 Å². The minimum Gasteiger partial charge on any atom is -0.394 e. The van der Waals surface area contributed by atoms with Crippen LogP contribution in [-0.2, 0) is 23.7 Å². The van der Waals surface area contributed by atoms with E-state index in [0.717, 1.165) is 38.9 Å². The summed E-state index contributed by atoms with van der Waals surface area (Å²) in [6, 6.07) is 0. The molecule has 8 heteroatoms. The number of hydrogen-bond acceptors (Lipinski definition) is 8. The molecule has 0 amide bonds. The maximum atomic E-state index is 9.71. The van der Waals surface area contributed by atoms with E-state index >= 15 is 0 Å². The molecule has 0 saturated carbocycles. The summed E-state index contributed by atoms with van der Waals surface area (Å²) >= 11 is 0. The molecule has 0 radical (unpaired) electrons. The van der Waals surface area contributed by atoms with Crippen molar-refractivity contribution in [2.75, 3.05) is 66.1 Å². The highest BCUT2D eigenvalue weighted by molar-refractivity contribution is 4.57. The number of aliphatic hydroxyl groups excluding tert-OH is 3. The third-order valence-corrected chi connectivity index (χ3v) is 3.70. The van der Waals surface area contributed by atoms with Crippen LogP contribution in [0.3, 0.4) is 0 Å². The average molecular weight is 427 g/mol. The van der Waals surface area contributed by atoms with Crippen LogP contribution < -0.4 is 0 Å². The number of unbranched alkanes of at least 4 members (excludes halogenated alkanes) is 2. The second-order valence-corrected chi connectivity index (χ2v) is 6.47. The van der Waals surface area contributed by atoms with Crippen molar-refractivity contribution < 1.29 is 39.0 Å². The van der Waals surface area contributed by atoms with Gasteiger partial charge in [-0.15, -0.1) is 0 Å². The lowest BCUT2D eigenvalue weighted by Gasteiger charge is -2.16. The summed E-state index contributed by atoms with van der Waals surface area (Å²) < 4.78 is 25.9. The Balaban J connectivity index is 0. The van der Waals surface area contributed by atoms with Crippen molar-refractivity contribution in [1.82, 2.24) is 0 Å². The van der Waals surface area contributed by atoms with Crippen LogP contribution in [0.25, 0.3) is 0 Å². The van der Waals surface area contributed by atoms with Crippen molar-refractivity contribution in [2.24, 2.45) is 0 Å². The third kappa shape index (κ3) is 30.0. The predicted octanol–water partition coefficient (Wildman–Crippen LogP) is 2.13. The van der Waals surface area contributed by atoms with Crippen LogP contribution in [0.4, 0.5) is 0 Å². The molecular weight excluding hydrogens is 380 g/mol. The van der Waals surface area contributed by atoms with Gasteiger partial charge in [0.05, 0.1) is 45.7 Å². The molecule has 0 rings (SSSR count). The van der Waals surface area contributed by atoms with E-state index in [1.165, 1.54) is 0 Å². The van der Waals surface area contributed by atoms with E-state index in [1.54, 1.807) is 0 Å². The molecule has 2 atom stereocenters. The molecule has 0 aliphatic carbocycles. The zero-order valence-corrected chi connectivity index (χ0v) is 18.9. The van der Waals surface area contributed by atoms with Crippen LogP contribution >= 0.6 is 0 Å². The number of ether oxygens (including phenoxy) is 5. The van der Waals surface area contributed by atoms with Gasteiger partial charge in [0, 0.05) is 32.8 Å². The summed E-state index contributed by atoms with van der Waals surface area (Å²) in [5, 5.41) is 27.5. The molecule has 0 aliphatic rings. The first-order valence-electron chi connectivity index (χ1n) is 11.0. The van der Waals surface area contributed by atoms with Crippen molar-refractivity contribution >= 4 is 0 Å². The van der Waals surface area contributed by atoms with Gasteiger partial charge in [-0.25, -0.2) is 0 Å². The van der Waals surface area contributed by atoms with E-state index in [2.05, 4.69) is 13.8 Å². The van der Waals surface area contributed by atoms with Gasteiger partial charge in [0.15, 0.2) is 6.29 Å². The SMILES string of the molecule is CCCCOCCO.CCCCOCCOC(O)CC(O)CCOCCOCC. The summed E-state index contributed by atoms with van der Waals surface area (Å²) in [6.07, 6.45) is 3.45. The summed E-state index contributed by atoms with van der Waals surface area (Å²) in [7, 11) is 0. The predicted molar refractivity (Wildman–Crippen MR) is 113 cm³/mol. The second-order valence-electron chi connectivity index (χ2n) is 6.47. The maximum Gasteiger partial charge on any atom is 0.157 e. The average Bonchev–Trinajstić information content (AvgIpc) is 2.71. The van der Waals surface area contributed by atoms with Crippen molar-refractivity contribution in [1.29, 1.82) is 0 Å². The minimum atomic E-state index is -0.960. The second kappa shape index (κ2) is 27.7. The molecule has 0 fully saturated rings. The molecule has 0 aromatic rings. The zero-order chi connectivity index (χ0) is 22.0. The molecule has 178 valence electrons. The topological polar surface area (TPSA) is 107 Å². The first kappa shape index (κ1) is 30.9. The normalized spacial score (nSPS) is 13.0. The Labute approximate surface area is 177 Å². The highest BCUT2D eigenvalue weighted by Crippen LogP contribution is 2.04. The lowest BCUT2D eigenvalue weighted by atomic mass is 10.2. The van der Waals surface area contributed by atoms with E-state index in [-0.39, 0.29) is 13.0 Å². The summed E-state index contributed by atoms with van der Waals surface area (Å²) in [4.78, 5) is 0. The fraction of sp³-hybridized carbons (Fsp3) is 1.00. The highest BCUT2D eigenvalue weighted by atomic mass is 16.6. The molecular formula is C21H46O8. The molecule has 0 aromatic carbocycles. The van der Waals surface area contributed by atoms with Gasteiger partial charge in [-0.3, -0.25) is 0 Å². The van der Waals surface area contributed by atoms with Gasteiger partial charge < -0.3 is 39.0 Å². The molecule has 29 heavy (non-hydrogen) atoms. The van der Waals surface area contributed by atoms with Gasteiger partial charge in [-0.2, -0.15) is 0 Å². The van der Waals surface area contributed by atoms with Crippen molar-refractivity contribution in [2.45, 2.75) is 71.7 Å². The fourth-order valence-corrected chi connectivity index (χ4v) is 2.01. The van der Waals surface area contributed by atoms with Crippen LogP contribution in [0, 0.1) is 0 Å². The van der Waals surface area contributed by atoms with E-state index in [9.17, 15) is 10.2 Å². The first-order chi connectivity index (χ1) is 14.1. The summed E-state index contributed by atoms with van der Waals surface area (Å²) in [5.74, 6) is 0. The van der Waals surface area contributed by atoms with Crippen LogP contribution in [0.5, 0.6) is 0 Å². The Morgan fingerprint density at radius 1 is 0.655 bits per heavy atom. The molecule has 2 unspecified atom stereocenters. The molecule has 0 aliphatic heterocycles. The Hall–Kier alpha value is -0.320. The van der Waals surface area contributed by atoms with Crippen LogP contribution in [-0.4, -0.2) is 93.8 Å². The van der Waals surface area contributed by atoms with Crippen molar-refractivity contribution in [3.63, 3.8) is 0 Å². The Bertz CT molecular complexity index is 255. The Morgan fingerprint density at radius 3 is 1.79 bits per heavy atom. The van der Waals surface area contributed by atoms with E-state index < -0.39 is 12.4 Å². The van der Waals surface area contributed by atoms with E-state index in [0.29, 0.717) is 52.7 Å². The highest BCUT2D eigenvalue weighted by Gasteiger charge is 2.12. The van der Waals surface area contributed by atoms with Gasteiger partial charge in [0.25, 0.3) is 0 Å². The van der Waals surface area contributed by atoms with Gasteiger partial charge >= 0.3 is 0 Å². The number of hydrogen-bond donors (Lipinski definition) is 3. The zero-order valence-electron chi connectivity index (χ0n) is 18.9. The van der Waals surface area contributed by atoms with Gasteiger partial charge in [0.1, 0.15) is 0 Å². The van der Waals surface area contributed by atoms with Crippen LogP contribution in [0.1, 0.15) is 59.3 Å². The van der Waals surface area contributed by atoms with Gasteiger partial charge in [-0.1, -0.05) is 26.7 Å². The molecule has 3 N–H and O–H groups in total. The fourth-order valence-electron chi connectivity index (χ4n) is 2.01. The lowest BCUT2D eigenvalue weighted by Crippen LogP contribution is -2.23. The smallest absolute Gasteiger partial charge is 0.157 e. The van der Waals surface area contributed by atoms with E-state index in [1.807, 2.05) is 6.92 Å². The molecule has 8 nitrogen and oxygen atoms in total. The summed E-state index contributed by atoms with van der Waals surface area (Å²) in [6.45, 7) is 11.3. The third-order valence-electron chi connectivity index (χ3n) is 3.70. The molecule has 0 heterocycles. The summed E-state index contributed by atoms with van der Waals surface area (Å²) in [5.41, 5.74) is 0. The maximum absolute atomic E-state index is 9.71. The van der Waals surface area contributed by atoms with Gasteiger partial charge in [0.2, 0.25) is 0 Å². The molecule has 0 spiro atoms. The van der Waals surface area contributed by atoms with Gasteiger partial charge in [-0.05, 0) is 26.2 Å². The lowest BCUT2D eigenvalue weighted by molar-refractivity contribution is -0.131. The Morgan fingerprint density at radius 2 is 1.21 bits per heavy atom. The largest absolute Gasteiger partial charge is 0.394 e. The Kier molecular flexibility index (Phi) is 29.5. The minimum absolute atomic E-state index is 0.143. The first-order valence-corrected chi connectivity index (χ1v) is 11.0. The molecule has 0 aromatic heterocycles. The van der Waals surface area contributed by atoms with Crippen molar-refractivity contribution in [3.05, 3.63) is 0 Å². The monoisotopic (exact) mass is 426 g/mol. The van der Waals surface area contributed by atoms with Crippen LogP contribution in [0.2, 0.25) is 0 Å². The van der Waals surface area contributed by atoms with Crippen LogP contribution in [0.15, 0.2) is 0 Å². The quantitative estimate of drug-likeness (QED) is 0.189. The standard InChI is InChI=1S/C15H32O6.C6H14O2/c1-3-5-7-19-11-12-21-15(17)13-14(16)6-8-20-10-9-18-4-2;1-2-3-5-8-6-4-7/h14-17H,3-13H2,1-2H3;7H,2-6H2,1H3. The molecule has 0 bridgehead atoms. The number of rotatable bonds is 21. The number of aliphatic hydroxyl groups is 3.